The number of aromatic hydroxyl groups is 2. The summed E-state index contributed by atoms with van der Waals surface area (Å²) in [6.07, 6.45) is 3.79. The molecule has 2 N–H and O–H groups in total. The second-order valence-electron chi connectivity index (χ2n) is 8.91. The van der Waals surface area contributed by atoms with Crippen LogP contribution in [-0.4, -0.2) is 46.3 Å². The summed E-state index contributed by atoms with van der Waals surface area (Å²) in [6, 6.07) is 24.8. The Balaban J connectivity index is 1.40. The maximum atomic E-state index is 9.84. The SMILES string of the molecule is Oc1ccc(C(c2ccc(O)cc2)c2cnccc2CN2CCN(c3ccccc3Cl)CC2)cc1. The van der Waals surface area contributed by atoms with Crippen LogP contribution in [0.2, 0.25) is 5.02 Å². The van der Waals surface area contributed by atoms with Crippen molar-refractivity contribution in [2.24, 2.45) is 0 Å². The average Bonchev–Trinajstić information content (AvgIpc) is 2.88. The fourth-order valence-corrected chi connectivity index (χ4v) is 5.08. The molecule has 0 aliphatic carbocycles. The van der Waals surface area contributed by atoms with E-state index in [1.54, 1.807) is 24.3 Å². The first-order valence-electron chi connectivity index (χ1n) is 11.8. The number of para-hydroxylation sites is 1. The van der Waals surface area contributed by atoms with Crippen LogP contribution in [0.1, 0.15) is 28.2 Å². The molecule has 4 aromatic rings. The number of phenols is 2. The summed E-state index contributed by atoms with van der Waals surface area (Å²) in [6.45, 7) is 4.54. The van der Waals surface area contributed by atoms with Crippen LogP contribution in [0.5, 0.6) is 11.5 Å². The van der Waals surface area contributed by atoms with E-state index in [1.165, 1.54) is 5.56 Å². The van der Waals surface area contributed by atoms with E-state index < -0.39 is 0 Å². The summed E-state index contributed by atoms with van der Waals surface area (Å²) in [7, 11) is 0. The minimum atomic E-state index is -0.0654. The van der Waals surface area contributed by atoms with Gasteiger partial charge in [0.1, 0.15) is 11.5 Å². The van der Waals surface area contributed by atoms with E-state index in [4.69, 9.17) is 11.6 Å². The molecule has 1 saturated heterocycles. The van der Waals surface area contributed by atoms with E-state index in [0.717, 1.165) is 60.1 Å². The third kappa shape index (κ3) is 5.26. The van der Waals surface area contributed by atoms with Gasteiger partial charge in [0.2, 0.25) is 0 Å². The Morgan fingerprint density at radius 3 is 1.97 bits per heavy atom. The van der Waals surface area contributed by atoms with Crippen molar-refractivity contribution >= 4 is 17.3 Å². The molecule has 0 amide bonds. The molecule has 0 bridgehead atoms. The number of phenolic OH excluding ortho intramolecular Hbond substituents is 2. The maximum absolute atomic E-state index is 9.84. The van der Waals surface area contributed by atoms with Crippen molar-refractivity contribution in [1.29, 1.82) is 0 Å². The minimum Gasteiger partial charge on any atom is -0.508 e. The summed E-state index contributed by atoms with van der Waals surface area (Å²) in [5.74, 6) is 0.409. The molecule has 0 radical (unpaired) electrons. The van der Waals surface area contributed by atoms with Gasteiger partial charge >= 0.3 is 0 Å². The highest BCUT2D eigenvalue weighted by Gasteiger charge is 2.23. The van der Waals surface area contributed by atoms with Gasteiger partial charge in [-0.25, -0.2) is 0 Å². The summed E-state index contributed by atoms with van der Waals surface area (Å²) in [4.78, 5) is 9.29. The number of benzene rings is 3. The lowest BCUT2D eigenvalue weighted by Gasteiger charge is -2.37. The van der Waals surface area contributed by atoms with Crippen LogP contribution >= 0.6 is 11.6 Å². The minimum absolute atomic E-state index is 0.0654. The smallest absolute Gasteiger partial charge is 0.115 e. The third-order valence-corrected chi connectivity index (χ3v) is 6.99. The van der Waals surface area contributed by atoms with Crippen molar-refractivity contribution in [2.45, 2.75) is 12.5 Å². The molecule has 1 aliphatic rings. The number of hydrogen-bond donors (Lipinski definition) is 2. The Hall–Kier alpha value is -3.54. The van der Waals surface area contributed by atoms with Crippen LogP contribution in [0, 0.1) is 0 Å². The lowest BCUT2D eigenvalue weighted by atomic mass is 9.83. The van der Waals surface area contributed by atoms with Crippen molar-refractivity contribution in [3.63, 3.8) is 0 Å². The Kier molecular flexibility index (Phi) is 6.89. The van der Waals surface area contributed by atoms with Crippen molar-refractivity contribution in [1.82, 2.24) is 9.88 Å². The molecular weight excluding hydrogens is 458 g/mol. The lowest BCUT2D eigenvalue weighted by Crippen LogP contribution is -2.46. The zero-order valence-corrected chi connectivity index (χ0v) is 20.1. The quantitative estimate of drug-likeness (QED) is 0.369. The summed E-state index contributed by atoms with van der Waals surface area (Å²) in [5, 5.41) is 20.5. The number of nitrogens with zero attached hydrogens (tertiary/aromatic N) is 3. The monoisotopic (exact) mass is 485 g/mol. The molecule has 6 heteroatoms. The van der Waals surface area contributed by atoms with Gasteiger partial charge < -0.3 is 15.1 Å². The third-order valence-electron chi connectivity index (χ3n) is 6.67. The first-order valence-corrected chi connectivity index (χ1v) is 12.2. The molecular formula is C29H28ClN3O2. The van der Waals surface area contributed by atoms with Crippen molar-refractivity contribution in [3.8, 4) is 11.5 Å². The van der Waals surface area contributed by atoms with Gasteiger partial charge in [0.15, 0.2) is 0 Å². The Morgan fingerprint density at radius 1 is 0.771 bits per heavy atom. The predicted molar refractivity (Wildman–Crippen MR) is 140 cm³/mol. The van der Waals surface area contributed by atoms with E-state index in [1.807, 2.05) is 54.9 Å². The molecule has 5 nitrogen and oxygen atoms in total. The molecule has 3 aromatic carbocycles. The van der Waals surface area contributed by atoms with Gasteiger partial charge in [-0.05, 0) is 64.7 Å². The van der Waals surface area contributed by atoms with Crippen LogP contribution in [0.25, 0.3) is 0 Å². The average molecular weight is 486 g/mol. The van der Waals surface area contributed by atoms with Gasteiger partial charge in [-0.2, -0.15) is 0 Å². The molecule has 0 spiro atoms. The van der Waals surface area contributed by atoms with Gasteiger partial charge in [0.05, 0.1) is 10.7 Å². The molecule has 1 aliphatic heterocycles. The standard InChI is InChI=1S/C29H28ClN3O2/c30-27-3-1-2-4-28(27)33-17-15-32(16-18-33)20-23-13-14-31-19-26(23)29(21-5-9-24(34)10-6-21)22-7-11-25(35)12-8-22/h1-14,19,29,34-35H,15-18,20H2. The number of halogens is 1. The van der Waals surface area contributed by atoms with E-state index in [2.05, 4.69) is 26.9 Å². The number of rotatable bonds is 6. The summed E-state index contributed by atoms with van der Waals surface area (Å²) >= 11 is 6.42. The zero-order chi connectivity index (χ0) is 24.2. The molecule has 5 rings (SSSR count). The van der Waals surface area contributed by atoms with Gasteiger partial charge in [-0.1, -0.05) is 48.0 Å². The summed E-state index contributed by atoms with van der Waals surface area (Å²) in [5.41, 5.74) is 5.56. The molecule has 1 aromatic heterocycles. The van der Waals surface area contributed by atoms with Crippen LogP contribution in [0.3, 0.4) is 0 Å². The number of hydrogen-bond acceptors (Lipinski definition) is 5. The Bertz CT molecular complexity index is 1220. The van der Waals surface area contributed by atoms with Gasteiger partial charge in [0.25, 0.3) is 0 Å². The molecule has 178 valence electrons. The van der Waals surface area contributed by atoms with Crippen LogP contribution in [0.15, 0.2) is 91.3 Å². The first kappa shape index (κ1) is 23.2. The van der Waals surface area contributed by atoms with Crippen molar-refractivity contribution in [3.05, 3.63) is 119 Å². The molecule has 35 heavy (non-hydrogen) atoms. The number of anilines is 1. The second kappa shape index (κ2) is 10.4. The highest BCUT2D eigenvalue weighted by molar-refractivity contribution is 6.33. The highest BCUT2D eigenvalue weighted by atomic mass is 35.5. The maximum Gasteiger partial charge on any atom is 0.115 e. The van der Waals surface area contributed by atoms with E-state index in [-0.39, 0.29) is 17.4 Å². The van der Waals surface area contributed by atoms with E-state index in [0.29, 0.717) is 0 Å². The van der Waals surface area contributed by atoms with E-state index in [9.17, 15) is 10.2 Å². The normalized spacial score (nSPS) is 14.4. The highest BCUT2D eigenvalue weighted by Crippen LogP contribution is 2.35. The summed E-state index contributed by atoms with van der Waals surface area (Å²) < 4.78 is 0. The molecule has 0 saturated carbocycles. The van der Waals surface area contributed by atoms with Gasteiger partial charge in [-0.15, -0.1) is 0 Å². The second-order valence-corrected chi connectivity index (χ2v) is 9.31. The van der Waals surface area contributed by atoms with Crippen LogP contribution < -0.4 is 4.90 Å². The molecule has 0 unspecified atom stereocenters. The number of aromatic nitrogens is 1. The molecule has 2 heterocycles. The van der Waals surface area contributed by atoms with Crippen molar-refractivity contribution in [2.75, 3.05) is 31.1 Å². The topological polar surface area (TPSA) is 59.8 Å². The van der Waals surface area contributed by atoms with Gasteiger partial charge in [-0.3, -0.25) is 9.88 Å². The molecule has 0 atom stereocenters. The Labute approximate surface area is 210 Å². The van der Waals surface area contributed by atoms with Crippen LogP contribution in [-0.2, 0) is 6.54 Å². The Morgan fingerprint density at radius 2 is 1.37 bits per heavy atom. The fraction of sp³-hybridized carbons (Fsp3) is 0.207. The number of piperazine rings is 1. The van der Waals surface area contributed by atoms with Crippen LogP contribution in [0.4, 0.5) is 5.69 Å². The number of pyridine rings is 1. The zero-order valence-electron chi connectivity index (χ0n) is 19.4. The lowest BCUT2D eigenvalue weighted by molar-refractivity contribution is 0.249. The predicted octanol–water partition coefficient (Wildman–Crippen LogP) is 5.65. The largest absolute Gasteiger partial charge is 0.508 e. The molecule has 1 fully saturated rings. The first-order chi connectivity index (χ1) is 17.1. The van der Waals surface area contributed by atoms with E-state index >= 15 is 0 Å². The fourth-order valence-electron chi connectivity index (χ4n) is 4.82. The van der Waals surface area contributed by atoms with Crippen molar-refractivity contribution < 1.29 is 10.2 Å². The van der Waals surface area contributed by atoms with Gasteiger partial charge in [0, 0.05) is 51.0 Å².